The summed E-state index contributed by atoms with van der Waals surface area (Å²) in [5.74, 6) is 1.03. The van der Waals surface area contributed by atoms with Crippen molar-refractivity contribution in [1.29, 1.82) is 0 Å². The van der Waals surface area contributed by atoms with Crippen molar-refractivity contribution in [1.82, 2.24) is 29.0 Å². The van der Waals surface area contributed by atoms with Gasteiger partial charge in [-0.05, 0) is 131 Å². The number of hydrogen-bond acceptors (Lipinski definition) is 15. The van der Waals surface area contributed by atoms with Gasteiger partial charge in [0, 0.05) is 106 Å². The summed E-state index contributed by atoms with van der Waals surface area (Å²) in [6, 6.07) is 20.2. The van der Waals surface area contributed by atoms with Crippen LogP contribution < -0.4 is 10.6 Å². The molecule has 85 heavy (non-hydrogen) atoms. The number of allylic oxidation sites excluding steroid dienone is 1. The Balaban J connectivity index is 0.000000202. The van der Waals surface area contributed by atoms with E-state index in [0.717, 1.165) is 67.0 Å². The fourth-order valence-corrected chi connectivity index (χ4v) is 15.0. The van der Waals surface area contributed by atoms with Gasteiger partial charge in [0.2, 0.25) is 20.0 Å². The summed E-state index contributed by atoms with van der Waals surface area (Å²) in [5.41, 5.74) is 0.375. The van der Waals surface area contributed by atoms with Crippen LogP contribution in [0.1, 0.15) is 116 Å². The van der Waals surface area contributed by atoms with Crippen LogP contribution in [-0.4, -0.2) is 174 Å². The van der Waals surface area contributed by atoms with Gasteiger partial charge in [0.15, 0.2) is 0 Å². The van der Waals surface area contributed by atoms with E-state index in [-0.39, 0.29) is 27.7 Å². The molecule has 2 amide bonds. The van der Waals surface area contributed by atoms with Gasteiger partial charge in [-0.25, -0.2) is 34.8 Å². The largest absolute Gasteiger partial charge is 0.444 e. The number of nitrogens with zero attached hydrogens (tertiary/aromatic N) is 4. The normalized spacial score (nSPS) is 20.3. The molecule has 1 saturated carbocycles. The maximum Gasteiger partial charge on any atom is 0.410 e. The lowest BCUT2D eigenvalue weighted by Gasteiger charge is -2.42. The number of nitrogens with one attached hydrogen (secondary N) is 2. The van der Waals surface area contributed by atoms with Crippen LogP contribution in [0.3, 0.4) is 0 Å². The van der Waals surface area contributed by atoms with E-state index in [4.69, 9.17) is 34.4 Å². The molecule has 1 aliphatic carbocycles. The van der Waals surface area contributed by atoms with Gasteiger partial charge in [-0.3, -0.25) is 5.32 Å². The molecule has 25 heteroatoms. The third-order valence-corrected chi connectivity index (χ3v) is 21.7. The first kappa shape index (κ1) is 72.5. The number of piperidine rings is 3. The summed E-state index contributed by atoms with van der Waals surface area (Å²) in [6.07, 6.45) is 9.55. The van der Waals surface area contributed by atoms with Gasteiger partial charge >= 0.3 is 12.2 Å². The van der Waals surface area contributed by atoms with Gasteiger partial charge < -0.3 is 38.8 Å². The van der Waals surface area contributed by atoms with Crippen molar-refractivity contribution < 1.29 is 58.5 Å². The van der Waals surface area contributed by atoms with E-state index in [2.05, 4.69) is 49.1 Å². The van der Waals surface area contributed by atoms with Crippen molar-refractivity contribution in [2.75, 3.05) is 89.4 Å². The second kappa shape index (κ2) is 32.0. The third-order valence-electron chi connectivity index (χ3n) is 15.0. The zero-order valence-corrected chi connectivity index (χ0v) is 57.4. The molecule has 7 aliphatic rings. The maximum atomic E-state index is 13.2. The summed E-state index contributed by atoms with van der Waals surface area (Å²) in [5, 5.41) is 8.76. The molecule has 0 radical (unpaired) electrons. The van der Waals surface area contributed by atoms with E-state index in [1.165, 1.54) is 41.0 Å². The first-order chi connectivity index (χ1) is 39.8. The monoisotopic (exact) mass is 1390 g/mol. The zero-order chi connectivity index (χ0) is 62.9. The average molecular weight is 1400 g/mol. The third kappa shape index (κ3) is 21.5. The topological polar surface area (TPSA) is 220 Å². The van der Waals surface area contributed by atoms with Gasteiger partial charge in [0.1, 0.15) is 28.4 Å². The van der Waals surface area contributed by atoms with Crippen LogP contribution in [0.5, 0.6) is 0 Å². The van der Waals surface area contributed by atoms with Crippen molar-refractivity contribution >= 4 is 83.8 Å². The van der Waals surface area contributed by atoms with Crippen LogP contribution in [0.2, 0.25) is 0 Å². The van der Waals surface area contributed by atoms with Crippen molar-refractivity contribution in [3.05, 3.63) is 102 Å². The number of halogens is 3. The number of ether oxygens (including phenoxy) is 5. The standard InChI is InChI=1S/C19H28N2O5S.C14H20N2O3S.C12H22N2O3.C7H7ClO2S.C5H9Br.C3H5Br/c1-15-5-7-16(8-6-15)27(23,24)21-13-14-25-19(21)9-11-20(12-10-19)17(22)26-18(2,3)4;1-12-2-4-13(5-3-12)20(17,18)16-10-11-19-14(16)6-8-15-9-7-14;1-11(2,3)17-10(15)14-7-4-12(5-8-14)13-6-9-16-12;1-6-2-4-7(5-3-6)11(8,9)10;6-4-5-2-1-3-5;1-2-3-4/h5-8H,9-14H2,1-4H3;2-5,15H,6-11H2,1H3;13H,4-9H2,1-3H3;2-5H,1H3;5H,1-4H2;2H,1,3H2. The number of amides is 2. The molecule has 3 aromatic rings. The number of rotatable bonds is 7. The number of carbonyl (C=O) groups excluding carboxylic acids is 2. The van der Waals surface area contributed by atoms with E-state index in [9.17, 15) is 34.8 Å². The molecule has 3 spiro atoms. The first-order valence-electron chi connectivity index (χ1n) is 29.1. The van der Waals surface area contributed by atoms with Crippen LogP contribution in [0.25, 0.3) is 0 Å². The molecule has 3 aromatic carbocycles. The Kier molecular flexibility index (Phi) is 27.3. The Bertz CT molecular complexity index is 2930. The molecule has 0 bridgehead atoms. The predicted octanol–water partition coefficient (Wildman–Crippen LogP) is 10.8. The van der Waals surface area contributed by atoms with Gasteiger partial charge in [0.25, 0.3) is 9.05 Å². The van der Waals surface area contributed by atoms with Crippen LogP contribution in [0.4, 0.5) is 9.59 Å². The summed E-state index contributed by atoms with van der Waals surface area (Å²) >= 11 is 6.56. The van der Waals surface area contributed by atoms with Crippen LogP contribution in [-0.2, 0) is 52.8 Å². The molecule has 6 heterocycles. The molecular weight excluding hydrogens is 1300 g/mol. The minimum absolute atomic E-state index is 0.143. The molecule has 0 aromatic heterocycles. The van der Waals surface area contributed by atoms with E-state index in [0.29, 0.717) is 83.1 Å². The highest BCUT2D eigenvalue weighted by atomic mass is 79.9. The second-order valence-electron chi connectivity index (χ2n) is 24.0. The fraction of sp³-hybridized carbons (Fsp3) is 0.633. The van der Waals surface area contributed by atoms with E-state index in [1.54, 1.807) is 68.7 Å². The highest BCUT2D eigenvalue weighted by Crippen LogP contribution is 2.40. The lowest BCUT2D eigenvalue weighted by molar-refractivity contribution is -0.0907. The van der Waals surface area contributed by atoms with Gasteiger partial charge in [-0.2, -0.15) is 8.61 Å². The Morgan fingerprint density at radius 3 is 1.28 bits per heavy atom. The summed E-state index contributed by atoms with van der Waals surface area (Å²) in [7, 11) is -5.60. The second-order valence-corrected chi connectivity index (χ2v) is 31.6. The molecule has 6 aliphatic heterocycles. The molecular formula is C60H91Br2ClN6O13S3. The Labute approximate surface area is 528 Å². The van der Waals surface area contributed by atoms with Crippen LogP contribution in [0.15, 0.2) is 100 Å². The summed E-state index contributed by atoms with van der Waals surface area (Å²) in [6.45, 7) is 27.4. The van der Waals surface area contributed by atoms with Crippen molar-refractivity contribution in [3.8, 4) is 0 Å². The van der Waals surface area contributed by atoms with Gasteiger partial charge in [-0.15, -0.1) is 6.58 Å². The van der Waals surface area contributed by atoms with Crippen LogP contribution in [0, 0.1) is 26.7 Å². The van der Waals surface area contributed by atoms with Crippen molar-refractivity contribution in [3.63, 3.8) is 0 Å². The van der Waals surface area contributed by atoms with Gasteiger partial charge in [0.05, 0.1) is 34.5 Å². The lowest BCUT2D eigenvalue weighted by Crippen LogP contribution is -2.56. The molecule has 2 N–H and O–H groups in total. The van der Waals surface area contributed by atoms with Crippen LogP contribution >= 0.6 is 42.5 Å². The molecule has 19 nitrogen and oxygen atoms in total. The smallest absolute Gasteiger partial charge is 0.410 e. The SMILES string of the molecule is BrCC1CCC1.C=CCBr.CC(C)(C)OC(=O)N1CCC2(CC1)NCCO2.Cc1ccc(S(=O)(=O)Cl)cc1.Cc1ccc(S(=O)(=O)N2CCOC23CCN(C(=O)OC(C)(C)C)CC3)cc1.Cc1ccc(S(=O)(=O)N2CCOC23CCNCC3)cc1. The number of benzene rings is 3. The predicted molar refractivity (Wildman–Crippen MR) is 340 cm³/mol. The lowest BCUT2D eigenvalue weighted by atomic mass is 9.88. The Hall–Kier alpha value is -3.24. The maximum absolute atomic E-state index is 13.2. The van der Waals surface area contributed by atoms with E-state index < -0.39 is 51.7 Å². The van der Waals surface area contributed by atoms with E-state index >= 15 is 0 Å². The number of carbonyl (C=O) groups is 2. The minimum Gasteiger partial charge on any atom is -0.444 e. The highest BCUT2D eigenvalue weighted by molar-refractivity contribution is 9.09. The molecule has 0 atom stereocenters. The average Bonchev–Trinajstić information content (AvgIpc) is 1.97. The summed E-state index contributed by atoms with van der Waals surface area (Å²) < 4.78 is 105. The highest BCUT2D eigenvalue weighted by Gasteiger charge is 2.52. The van der Waals surface area contributed by atoms with E-state index in [1.807, 2.05) is 74.4 Å². The molecule has 7 fully saturated rings. The Morgan fingerprint density at radius 1 is 0.600 bits per heavy atom. The molecule has 10 rings (SSSR count). The number of likely N-dealkylation sites (tertiary alicyclic amines) is 2. The fourth-order valence-electron chi connectivity index (χ4n) is 10.1. The number of alkyl halides is 2. The molecule has 478 valence electrons. The Morgan fingerprint density at radius 2 is 0.976 bits per heavy atom. The van der Waals surface area contributed by atoms with Crippen molar-refractivity contribution in [2.45, 2.75) is 163 Å². The number of sulfonamides is 2. The van der Waals surface area contributed by atoms with Crippen molar-refractivity contribution in [2.24, 2.45) is 5.92 Å². The number of hydrogen-bond donors (Lipinski definition) is 2. The first-order valence-corrected chi connectivity index (χ1v) is 36.5. The molecule has 6 saturated heterocycles. The zero-order valence-electron chi connectivity index (χ0n) is 51.0. The molecule has 0 unspecified atom stereocenters. The number of aryl methyl sites for hydroxylation is 3. The minimum atomic E-state index is -3.66. The quantitative estimate of drug-likeness (QED) is 0.128. The summed E-state index contributed by atoms with van der Waals surface area (Å²) in [4.78, 5) is 28.3. The van der Waals surface area contributed by atoms with Gasteiger partial charge in [-0.1, -0.05) is 97.4 Å².